The van der Waals surface area contributed by atoms with Crippen molar-refractivity contribution in [2.24, 2.45) is 5.92 Å². The lowest BCUT2D eigenvalue weighted by molar-refractivity contribution is -0.133. The molecule has 5 nitrogen and oxygen atoms in total. The van der Waals surface area contributed by atoms with E-state index in [1.54, 1.807) is 0 Å². The van der Waals surface area contributed by atoms with Crippen molar-refractivity contribution in [3.05, 3.63) is 35.9 Å². The van der Waals surface area contributed by atoms with Crippen LogP contribution in [0.15, 0.2) is 30.3 Å². The maximum absolute atomic E-state index is 13.0. The van der Waals surface area contributed by atoms with Gasteiger partial charge in [0.05, 0.1) is 6.67 Å². The van der Waals surface area contributed by atoms with E-state index in [-0.39, 0.29) is 11.9 Å². The van der Waals surface area contributed by atoms with Gasteiger partial charge in [0.1, 0.15) is 5.54 Å². The third-order valence-electron chi connectivity index (χ3n) is 5.19. The Balaban J connectivity index is 1.79. The van der Waals surface area contributed by atoms with Gasteiger partial charge in [-0.15, -0.1) is 0 Å². The number of nitrogens with one attached hydrogen (secondary N) is 1. The number of imide groups is 1. The molecular weight excluding hydrogens is 290 g/mol. The molecule has 2 heterocycles. The minimum Gasteiger partial charge on any atom is -0.319 e. The Morgan fingerprint density at radius 2 is 1.83 bits per heavy atom. The van der Waals surface area contributed by atoms with Crippen molar-refractivity contribution in [3.8, 4) is 0 Å². The summed E-state index contributed by atoms with van der Waals surface area (Å²) in [4.78, 5) is 29.0. The average Bonchev–Trinajstić information content (AvgIpc) is 2.83. The lowest BCUT2D eigenvalue weighted by Gasteiger charge is -2.32. The number of amides is 3. The molecule has 2 saturated heterocycles. The van der Waals surface area contributed by atoms with Crippen molar-refractivity contribution < 1.29 is 9.59 Å². The highest BCUT2D eigenvalue weighted by atomic mass is 16.2. The van der Waals surface area contributed by atoms with E-state index in [0.29, 0.717) is 13.1 Å². The summed E-state index contributed by atoms with van der Waals surface area (Å²) in [6, 6.07) is 9.27. The smallest absolute Gasteiger partial charge is 0.319 e. The lowest BCUT2D eigenvalue weighted by Crippen LogP contribution is -2.46. The molecule has 0 bridgehead atoms. The number of piperidine rings is 1. The molecule has 2 fully saturated rings. The topological polar surface area (TPSA) is 52.7 Å². The van der Waals surface area contributed by atoms with Crippen molar-refractivity contribution >= 4 is 11.9 Å². The predicted molar refractivity (Wildman–Crippen MR) is 88.6 cm³/mol. The van der Waals surface area contributed by atoms with Gasteiger partial charge in [-0.25, -0.2) is 9.69 Å². The summed E-state index contributed by atoms with van der Waals surface area (Å²) in [5.41, 5.74) is -0.0582. The molecule has 3 rings (SSSR count). The predicted octanol–water partition coefficient (Wildman–Crippen LogP) is 2.53. The van der Waals surface area contributed by atoms with Gasteiger partial charge in [-0.2, -0.15) is 0 Å². The Bertz CT molecular complexity index is 581. The highest BCUT2D eigenvalue weighted by Gasteiger charge is 2.51. The zero-order chi connectivity index (χ0) is 16.4. The molecule has 0 spiro atoms. The molecule has 2 aliphatic heterocycles. The van der Waals surface area contributed by atoms with Gasteiger partial charge in [0, 0.05) is 13.1 Å². The second kappa shape index (κ2) is 6.32. The Labute approximate surface area is 137 Å². The maximum Gasteiger partial charge on any atom is 0.326 e. The first-order chi connectivity index (χ1) is 11.1. The molecule has 5 heteroatoms. The normalized spacial score (nSPS) is 26.6. The molecule has 124 valence electrons. The van der Waals surface area contributed by atoms with Crippen LogP contribution in [0.2, 0.25) is 0 Å². The van der Waals surface area contributed by atoms with Crippen LogP contribution in [-0.2, 0) is 10.3 Å². The molecule has 3 amide bonds. The van der Waals surface area contributed by atoms with Crippen LogP contribution >= 0.6 is 0 Å². The fourth-order valence-electron chi connectivity index (χ4n) is 3.52. The van der Waals surface area contributed by atoms with Crippen LogP contribution in [0.5, 0.6) is 0 Å². The van der Waals surface area contributed by atoms with Crippen LogP contribution in [0.1, 0.15) is 38.7 Å². The van der Waals surface area contributed by atoms with Gasteiger partial charge in [-0.1, -0.05) is 44.2 Å². The fraction of sp³-hybridized carbons (Fsp3) is 0.556. The van der Waals surface area contributed by atoms with Crippen LogP contribution < -0.4 is 5.32 Å². The number of likely N-dealkylation sites (tertiary alicyclic amines) is 1. The number of carbonyl (C=O) groups excluding carboxylic acids is 2. The molecule has 1 aromatic carbocycles. The Morgan fingerprint density at radius 1 is 1.17 bits per heavy atom. The first-order valence-corrected chi connectivity index (χ1v) is 8.49. The summed E-state index contributed by atoms with van der Waals surface area (Å²) in [7, 11) is 0. The molecule has 0 saturated carbocycles. The summed E-state index contributed by atoms with van der Waals surface area (Å²) < 4.78 is 0. The van der Waals surface area contributed by atoms with Crippen LogP contribution in [0.4, 0.5) is 4.79 Å². The molecule has 0 unspecified atom stereocenters. The molecule has 1 N–H and O–H groups in total. The summed E-state index contributed by atoms with van der Waals surface area (Å²) in [5, 5.41) is 2.94. The summed E-state index contributed by atoms with van der Waals surface area (Å²) in [6.45, 7) is 6.48. The maximum atomic E-state index is 13.0. The largest absolute Gasteiger partial charge is 0.326 e. The van der Waals surface area contributed by atoms with E-state index in [2.05, 4.69) is 17.1 Å². The van der Waals surface area contributed by atoms with Crippen molar-refractivity contribution in [1.82, 2.24) is 15.1 Å². The summed E-state index contributed by atoms with van der Waals surface area (Å²) in [6.07, 6.45) is 2.80. The van der Waals surface area contributed by atoms with E-state index in [4.69, 9.17) is 0 Å². The van der Waals surface area contributed by atoms with E-state index in [1.807, 2.05) is 37.3 Å². The third-order valence-corrected chi connectivity index (χ3v) is 5.19. The van der Waals surface area contributed by atoms with Gasteiger partial charge >= 0.3 is 6.03 Å². The summed E-state index contributed by atoms with van der Waals surface area (Å²) >= 11 is 0. The molecule has 1 aromatic rings. The highest BCUT2D eigenvalue weighted by Crippen LogP contribution is 2.32. The first kappa shape index (κ1) is 16.0. The minimum atomic E-state index is -0.915. The molecule has 23 heavy (non-hydrogen) atoms. The number of hydrogen-bond acceptors (Lipinski definition) is 3. The molecular formula is C18H25N3O2. The van der Waals surface area contributed by atoms with Crippen molar-refractivity contribution in [2.75, 3.05) is 19.8 Å². The Hall–Kier alpha value is -1.88. The second-order valence-electron chi connectivity index (χ2n) is 6.73. The SMILES string of the molecule is CC[C@]1(c2ccccc2)NC(=O)N(CN2CCC(C)CC2)C1=O. The van der Waals surface area contributed by atoms with Crippen LogP contribution in [0.3, 0.4) is 0 Å². The van der Waals surface area contributed by atoms with Crippen LogP contribution in [0, 0.1) is 5.92 Å². The van der Waals surface area contributed by atoms with Crippen LogP contribution in [0.25, 0.3) is 0 Å². The third kappa shape index (κ3) is 2.85. The van der Waals surface area contributed by atoms with Gasteiger partial charge in [0.25, 0.3) is 5.91 Å². The number of hydrogen-bond donors (Lipinski definition) is 1. The number of nitrogens with zero attached hydrogens (tertiary/aromatic N) is 2. The molecule has 0 radical (unpaired) electrons. The zero-order valence-electron chi connectivity index (χ0n) is 13.9. The van der Waals surface area contributed by atoms with Gasteiger partial charge in [0.15, 0.2) is 0 Å². The Morgan fingerprint density at radius 3 is 2.43 bits per heavy atom. The first-order valence-electron chi connectivity index (χ1n) is 8.49. The Kier molecular flexibility index (Phi) is 4.39. The van der Waals surface area contributed by atoms with E-state index in [0.717, 1.165) is 37.4 Å². The van der Waals surface area contributed by atoms with Crippen LogP contribution in [-0.4, -0.2) is 41.5 Å². The highest BCUT2D eigenvalue weighted by molar-refractivity contribution is 6.07. The number of urea groups is 1. The number of rotatable bonds is 4. The number of benzene rings is 1. The standard InChI is InChI=1S/C18H25N3O2/c1-3-18(15-7-5-4-6-8-15)16(22)21(17(23)19-18)13-20-11-9-14(2)10-12-20/h4-8,14H,3,9-13H2,1-2H3,(H,19,23)/t18-/m1/s1. The molecule has 0 aliphatic carbocycles. The van der Waals surface area contributed by atoms with Crippen molar-refractivity contribution in [2.45, 2.75) is 38.6 Å². The quantitative estimate of drug-likeness (QED) is 0.869. The lowest BCUT2D eigenvalue weighted by atomic mass is 9.87. The van der Waals surface area contributed by atoms with E-state index in [9.17, 15) is 9.59 Å². The van der Waals surface area contributed by atoms with E-state index < -0.39 is 5.54 Å². The van der Waals surface area contributed by atoms with Gasteiger partial charge in [-0.3, -0.25) is 9.69 Å². The average molecular weight is 315 g/mol. The second-order valence-corrected chi connectivity index (χ2v) is 6.73. The minimum absolute atomic E-state index is 0.130. The van der Waals surface area contributed by atoms with E-state index in [1.165, 1.54) is 4.90 Å². The molecule has 2 aliphatic rings. The summed E-state index contributed by atoms with van der Waals surface area (Å²) in [5.74, 6) is 0.600. The fourth-order valence-corrected chi connectivity index (χ4v) is 3.52. The van der Waals surface area contributed by atoms with Gasteiger partial charge in [0.2, 0.25) is 0 Å². The van der Waals surface area contributed by atoms with Crippen molar-refractivity contribution in [3.63, 3.8) is 0 Å². The van der Waals surface area contributed by atoms with Crippen molar-refractivity contribution in [1.29, 1.82) is 0 Å². The molecule has 1 atom stereocenters. The van der Waals surface area contributed by atoms with Gasteiger partial charge < -0.3 is 5.32 Å². The van der Waals surface area contributed by atoms with Gasteiger partial charge in [-0.05, 0) is 30.7 Å². The monoisotopic (exact) mass is 315 g/mol. The van der Waals surface area contributed by atoms with E-state index >= 15 is 0 Å². The number of carbonyl (C=O) groups is 2. The zero-order valence-corrected chi connectivity index (χ0v) is 13.9. The molecule has 0 aromatic heterocycles.